The molecule has 28 heavy (non-hydrogen) atoms. The molecule has 1 amide bonds. The Bertz CT molecular complexity index is 899. The van der Waals surface area contributed by atoms with E-state index in [1.54, 1.807) is 13.0 Å². The van der Waals surface area contributed by atoms with Crippen LogP contribution < -0.4 is 5.32 Å². The number of amides is 1. The van der Waals surface area contributed by atoms with Gasteiger partial charge in [-0.2, -0.15) is 5.26 Å². The number of likely N-dealkylation sites (N-methyl/N-ethyl adjacent to an activating group) is 1. The molecule has 0 aliphatic rings. The normalized spacial score (nSPS) is 10.6. The van der Waals surface area contributed by atoms with Crippen LogP contribution in [0.4, 0.5) is 5.00 Å². The maximum Gasteiger partial charge on any atom is 0.341 e. The van der Waals surface area contributed by atoms with Gasteiger partial charge in [0.05, 0.1) is 30.3 Å². The van der Waals surface area contributed by atoms with Gasteiger partial charge < -0.3 is 10.1 Å². The zero-order valence-electron chi connectivity index (χ0n) is 16.7. The maximum absolute atomic E-state index is 12.5. The molecule has 1 N–H and O–H groups in total. The van der Waals surface area contributed by atoms with Gasteiger partial charge in [0.2, 0.25) is 5.91 Å². The van der Waals surface area contributed by atoms with Gasteiger partial charge in [-0.25, -0.2) is 4.79 Å². The number of ether oxygens (including phenoxy) is 1. The molecule has 2 rings (SSSR count). The second kappa shape index (κ2) is 10.0. The molecule has 0 saturated heterocycles. The molecule has 1 aromatic heterocycles. The van der Waals surface area contributed by atoms with E-state index in [2.05, 4.69) is 11.4 Å². The van der Waals surface area contributed by atoms with E-state index in [-0.39, 0.29) is 19.1 Å². The number of nitrogens with zero attached hydrogens (tertiary/aromatic N) is 2. The SMILES string of the molecule is CCOC(=O)c1c(NC(=O)CN(C)Cc2cccc(C#N)c2)sc(C)c1CC. The fourth-order valence-corrected chi connectivity index (χ4v) is 4.18. The van der Waals surface area contributed by atoms with Crippen LogP contribution in [0.15, 0.2) is 24.3 Å². The number of nitrogens with one attached hydrogen (secondary N) is 1. The van der Waals surface area contributed by atoms with Gasteiger partial charge in [0.15, 0.2) is 0 Å². The fourth-order valence-electron chi connectivity index (χ4n) is 3.03. The summed E-state index contributed by atoms with van der Waals surface area (Å²) in [6, 6.07) is 9.42. The molecule has 0 saturated carbocycles. The summed E-state index contributed by atoms with van der Waals surface area (Å²) in [5.74, 6) is -0.603. The molecule has 0 spiro atoms. The maximum atomic E-state index is 12.5. The zero-order chi connectivity index (χ0) is 20.7. The lowest BCUT2D eigenvalue weighted by Gasteiger charge is -2.16. The third-order valence-corrected chi connectivity index (χ3v) is 5.28. The molecule has 7 heteroatoms. The lowest BCUT2D eigenvalue weighted by atomic mass is 10.1. The highest BCUT2D eigenvalue weighted by atomic mass is 32.1. The monoisotopic (exact) mass is 399 g/mol. The van der Waals surface area contributed by atoms with Gasteiger partial charge in [0.25, 0.3) is 0 Å². The van der Waals surface area contributed by atoms with E-state index in [4.69, 9.17) is 10.00 Å². The number of esters is 1. The van der Waals surface area contributed by atoms with E-state index in [1.807, 2.05) is 44.0 Å². The molecule has 148 valence electrons. The Labute approximate surface area is 169 Å². The van der Waals surface area contributed by atoms with Gasteiger partial charge in [-0.05, 0) is 50.6 Å². The van der Waals surface area contributed by atoms with Gasteiger partial charge >= 0.3 is 5.97 Å². The van der Waals surface area contributed by atoms with Crippen LogP contribution in [0.2, 0.25) is 0 Å². The summed E-state index contributed by atoms with van der Waals surface area (Å²) in [6.07, 6.45) is 0.696. The summed E-state index contributed by atoms with van der Waals surface area (Å²) in [6.45, 7) is 6.67. The minimum Gasteiger partial charge on any atom is -0.462 e. The van der Waals surface area contributed by atoms with Gasteiger partial charge in [-0.1, -0.05) is 19.1 Å². The van der Waals surface area contributed by atoms with Crippen molar-refractivity contribution in [2.45, 2.75) is 33.7 Å². The number of anilines is 1. The summed E-state index contributed by atoms with van der Waals surface area (Å²) in [5, 5.41) is 12.4. The summed E-state index contributed by atoms with van der Waals surface area (Å²) >= 11 is 1.40. The van der Waals surface area contributed by atoms with Gasteiger partial charge in [-0.15, -0.1) is 11.3 Å². The van der Waals surface area contributed by atoms with Crippen LogP contribution >= 0.6 is 11.3 Å². The first kappa shape index (κ1) is 21.6. The molecule has 2 aromatic rings. The summed E-state index contributed by atoms with van der Waals surface area (Å²) in [4.78, 5) is 27.7. The van der Waals surface area contributed by atoms with Crippen LogP contribution in [0.1, 0.15) is 45.8 Å². The van der Waals surface area contributed by atoms with Crippen molar-refractivity contribution in [1.82, 2.24) is 4.90 Å². The highest BCUT2D eigenvalue weighted by Gasteiger charge is 2.23. The lowest BCUT2D eigenvalue weighted by Crippen LogP contribution is -2.30. The number of rotatable bonds is 8. The minimum atomic E-state index is -0.402. The molecule has 0 bridgehead atoms. The van der Waals surface area contributed by atoms with E-state index >= 15 is 0 Å². The Morgan fingerprint density at radius 2 is 2.07 bits per heavy atom. The van der Waals surface area contributed by atoms with E-state index in [0.717, 1.165) is 16.0 Å². The number of carbonyl (C=O) groups excluding carboxylic acids is 2. The first-order valence-electron chi connectivity index (χ1n) is 9.16. The molecule has 1 aromatic carbocycles. The third kappa shape index (κ3) is 5.41. The number of carbonyl (C=O) groups is 2. The quantitative estimate of drug-likeness (QED) is 0.684. The van der Waals surface area contributed by atoms with Crippen LogP contribution in [0, 0.1) is 18.3 Å². The molecule has 0 aliphatic heterocycles. The molecular weight excluding hydrogens is 374 g/mol. The fraction of sp³-hybridized carbons (Fsp3) is 0.381. The van der Waals surface area contributed by atoms with E-state index in [0.29, 0.717) is 29.1 Å². The number of nitriles is 1. The molecule has 0 radical (unpaired) electrons. The standard InChI is InChI=1S/C21H25N3O3S/c1-5-17-14(3)28-20(19(17)21(26)27-6-2)23-18(25)13-24(4)12-16-9-7-8-15(10-16)11-22/h7-10H,5-6,12-13H2,1-4H3,(H,23,25). The zero-order valence-corrected chi connectivity index (χ0v) is 17.5. The minimum absolute atomic E-state index is 0.164. The molecule has 1 heterocycles. The van der Waals surface area contributed by atoms with Gasteiger partial charge in [0.1, 0.15) is 5.00 Å². The highest BCUT2D eigenvalue weighted by Crippen LogP contribution is 2.34. The highest BCUT2D eigenvalue weighted by molar-refractivity contribution is 7.16. The number of aryl methyl sites for hydroxylation is 1. The second-order valence-corrected chi connectivity index (χ2v) is 7.67. The van der Waals surface area contributed by atoms with Crippen molar-refractivity contribution in [3.05, 3.63) is 51.4 Å². The van der Waals surface area contributed by atoms with Crippen LogP contribution in [-0.4, -0.2) is 37.0 Å². The van der Waals surface area contributed by atoms with Crippen molar-refractivity contribution in [3.63, 3.8) is 0 Å². The number of benzene rings is 1. The van der Waals surface area contributed by atoms with E-state index < -0.39 is 5.97 Å². The molecule has 0 aliphatic carbocycles. The van der Waals surface area contributed by atoms with Crippen molar-refractivity contribution in [2.75, 3.05) is 25.5 Å². The van der Waals surface area contributed by atoms with E-state index in [9.17, 15) is 9.59 Å². The van der Waals surface area contributed by atoms with Crippen molar-refractivity contribution < 1.29 is 14.3 Å². The van der Waals surface area contributed by atoms with Crippen molar-refractivity contribution in [3.8, 4) is 6.07 Å². The summed E-state index contributed by atoms with van der Waals surface area (Å²) in [7, 11) is 1.84. The van der Waals surface area contributed by atoms with Crippen molar-refractivity contribution >= 4 is 28.2 Å². The third-order valence-electron chi connectivity index (χ3n) is 4.22. The average molecular weight is 400 g/mol. The smallest absolute Gasteiger partial charge is 0.341 e. The van der Waals surface area contributed by atoms with E-state index in [1.165, 1.54) is 11.3 Å². The lowest BCUT2D eigenvalue weighted by molar-refractivity contribution is -0.117. The predicted octanol–water partition coefficient (Wildman–Crippen LogP) is 3.74. The first-order chi connectivity index (χ1) is 13.4. The van der Waals surface area contributed by atoms with Crippen LogP contribution in [-0.2, 0) is 22.5 Å². The Morgan fingerprint density at radius 1 is 1.32 bits per heavy atom. The Balaban J connectivity index is 2.08. The largest absolute Gasteiger partial charge is 0.462 e. The number of hydrogen-bond donors (Lipinski definition) is 1. The van der Waals surface area contributed by atoms with Crippen molar-refractivity contribution in [2.24, 2.45) is 0 Å². The van der Waals surface area contributed by atoms with Crippen LogP contribution in [0.3, 0.4) is 0 Å². The summed E-state index contributed by atoms with van der Waals surface area (Å²) in [5.41, 5.74) is 2.93. The first-order valence-corrected chi connectivity index (χ1v) is 9.98. The average Bonchev–Trinajstić information content (AvgIpc) is 2.96. The molecular formula is C21H25N3O3S. The molecule has 0 atom stereocenters. The van der Waals surface area contributed by atoms with Gasteiger partial charge in [-0.3, -0.25) is 9.69 Å². The van der Waals surface area contributed by atoms with Crippen molar-refractivity contribution in [1.29, 1.82) is 5.26 Å². The topological polar surface area (TPSA) is 82.4 Å². The molecule has 0 unspecified atom stereocenters. The van der Waals surface area contributed by atoms with Gasteiger partial charge in [0, 0.05) is 11.4 Å². The van der Waals surface area contributed by atoms with Crippen LogP contribution in [0.5, 0.6) is 0 Å². The predicted molar refractivity (Wildman–Crippen MR) is 111 cm³/mol. The second-order valence-electron chi connectivity index (χ2n) is 6.45. The Kier molecular flexibility index (Phi) is 7.73. The Morgan fingerprint density at radius 3 is 2.71 bits per heavy atom. The summed E-state index contributed by atoms with van der Waals surface area (Å²) < 4.78 is 5.17. The number of thiophene rings is 1. The molecule has 6 nitrogen and oxygen atoms in total. The van der Waals surface area contributed by atoms with Crippen LogP contribution in [0.25, 0.3) is 0 Å². The Hall–Kier alpha value is -2.69. The molecule has 0 fully saturated rings. The number of hydrogen-bond acceptors (Lipinski definition) is 6.